The zero-order valence-electron chi connectivity index (χ0n) is 13.0. The van der Waals surface area contributed by atoms with Crippen molar-refractivity contribution in [1.29, 1.82) is 0 Å². The molecule has 4 nitrogen and oxygen atoms in total. The number of amides is 1. The maximum atomic E-state index is 12.0. The second-order valence-corrected chi connectivity index (χ2v) is 6.16. The smallest absolute Gasteiger partial charge is 0.234 e. The summed E-state index contributed by atoms with van der Waals surface area (Å²) in [7, 11) is 3.13. The minimum absolute atomic E-state index is 0.0655. The first-order chi connectivity index (χ1) is 11.1. The minimum Gasteiger partial charge on any atom is -0.493 e. The first-order valence-corrected chi connectivity index (χ1v) is 8.49. The zero-order chi connectivity index (χ0) is 16.7. The summed E-state index contributed by atoms with van der Waals surface area (Å²) in [5.74, 6) is 2.24. The Balaban J connectivity index is 1.85. The van der Waals surface area contributed by atoms with E-state index >= 15 is 0 Å². The third kappa shape index (κ3) is 5.37. The lowest BCUT2D eigenvalue weighted by Crippen LogP contribution is -2.14. The molecule has 0 aliphatic carbocycles. The van der Waals surface area contributed by atoms with Crippen molar-refractivity contribution in [2.24, 2.45) is 0 Å². The lowest BCUT2D eigenvalue weighted by Gasteiger charge is -2.10. The van der Waals surface area contributed by atoms with E-state index in [1.165, 1.54) is 11.8 Å². The predicted octanol–water partition coefficient (Wildman–Crippen LogP) is 4.23. The van der Waals surface area contributed by atoms with Crippen LogP contribution in [0.3, 0.4) is 0 Å². The van der Waals surface area contributed by atoms with Gasteiger partial charge in [0, 0.05) is 22.5 Å². The molecule has 0 fully saturated rings. The summed E-state index contributed by atoms with van der Waals surface area (Å²) in [6.45, 7) is 0. The number of hydrogen-bond donors (Lipinski definition) is 1. The second kappa shape index (κ2) is 8.70. The van der Waals surface area contributed by atoms with Crippen molar-refractivity contribution < 1.29 is 14.3 Å². The van der Waals surface area contributed by atoms with Gasteiger partial charge in [0.25, 0.3) is 0 Å². The molecule has 0 saturated heterocycles. The number of thioether (sulfide) groups is 1. The maximum Gasteiger partial charge on any atom is 0.234 e. The van der Waals surface area contributed by atoms with Crippen molar-refractivity contribution in [2.75, 3.05) is 25.3 Å². The number of rotatable bonds is 7. The first kappa shape index (κ1) is 17.5. The normalized spacial score (nSPS) is 10.2. The summed E-state index contributed by atoms with van der Waals surface area (Å²) in [6.07, 6.45) is 0. The van der Waals surface area contributed by atoms with Crippen LogP contribution < -0.4 is 14.8 Å². The Morgan fingerprint density at radius 2 is 1.91 bits per heavy atom. The molecule has 2 aromatic carbocycles. The SMILES string of the molecule is COc1ccc(NC(=O)CSCc2cccc(Cl)c2)cc1OC. The van der Waals surface area contributed by atoms with E-state index in [-0.39, 0.29) is 5.91 Å². The van der Waals surface area contributed by atoms with Gasteiger partial charge in [-0.1, -0.05) is 23.7 Å². The molecule has 2 aromatic rings. The van der Waals surface area contributed by atoms with Crippen LogP contribution in [0.5, 0.6) is 11.5 Å². The third-order valence-electron chi connectivity index (χ3n) is 3.06. The summed E-state index contributed by atoms with van der Waals surface area (Å²) >= 11 is 7.47. The molecular weight excluding hydrogens is 334 g/mol. The largest absolute Gasteiger partial charge is 0.493 e. The van der Waals surface area contributed by atoms with Crippen molar-refractivity contribution in [2.45, 2.75) is 5.75 Å². The molecular formula is C17H18ClNO3S. The van der Waals surface area contributed by atoms with Gasteiger partial charge in [-0.3, -0.25) is 4.79 Å². The maximum absolute atomic E-state index is 12.0. The Morgan fingerprint density at radius 1 is 1.13 bits per heavy atom. The molecule has 0 bridgehead atoms. The summed E-state index contributed by atoms with van der Waals surface area (Å²) in [5.41, 5.74) is 1.78. The van der Waals surface area contributed by atoms with Gasteiger partial charge < -0.3 is 14.8 Å². The highest BCUT2D eigenvalue weighted by atomic mass is 35.5. The lowest BCUT2D eigenvalue weighted by molar-refractivity contribution is -0.113. The Labute approximate surface area is 145 Å². The molecule has 23 heavy (non-hydrogen) atoms. The summed E-state index contributed by atoms with van der Waals surface area (Å²) in [4.78, 5) is 12.0. The predicted molar refractivity (Wildman–Crippen MR) is 95.8 cm³/mol. The standard InChI is InChI=1S/C17H18ClNO3S/c1-21-15-7-6-14(9-16(15)22-2)19-17(20)11-23-10-12-4-3-5-13(18)8-12/h3-9H,10-11H2,1-2H3,(H,19,20). The van der Waals surface area contributed by atoms with Gasteiger partial charge in [-0.2, -0.15) is 0 Å². The summed E-state index contributed by atoms with van der Waals surface area (Å²) in [5, 5.41) is 3.55. The van der Waals surface area contributed by atoms with Crippen molar-refractivity contribution in [1.82, 2.24) is 0 Å². The molecule has 0 atom stereocenters. The number of anilines is 1. The number of carbonyl (C=O) groups excluding carboxylic acids is 1. The molecule has 0 saturated carbocycles. The quantitative estimate of drug-likeness (QED) is 0.811. The number of carbonyl (C=O) groups is 1. The van der Waals surface area contributed by atoms with Gasteiger partial charge in [0.1, 0.15) is 0 Å². The summed E-state index contributed by atoms with van der Waals surface area (Å²) < 4.78 is 10.4. The molecule has 0 unspecified atom stereocenters. The van der Waals surface area contributed by atoms with Crippen LogP contribution in [0.1, 0.15) is 5.56 Å². The molecule has 0 radical (unpaired) electrons. The summed E-state index contributed by atoms with van der Waals surface area (Å²) in [6, 6.07) is 12.9. The number of halogens is 1. The highest BCUT2D eigenvalue weighted by Crippen LogP contribution is 2.29. The van der Waals surface area contributed by atoms with Gasteiger partial charge in [-0.15, -0.1) is 11.8 Å². The van der Waals surface area contributed by atoms with E-state index < -0.39 is 0 Å². The van der Waals surface area contributed by atoms with Gasteiger partial charge in [0.2, 0.25) is 5.91 Å². The van der Waals surface area contributed by atoms with E-state index in [9.17, 15) is 4.79 Å². The van der Waals surface area contributed by atoms with E-state index in [0.717, 1.165) is 11.3 Å². The minimum atomic E-state index is -0.0655. The monoisotopic (exact) mass is 351 g/mol. The molecule has 2 rings (SSSR count). The Bertz CT molecular complexity index is 679. The molecule has 0 spiro atoms. The molecule has 1 amide bonds. The molecule has 6 heteroatoms. The lowest BCUT2D eigenvalue weighted by atomic mass is 10.2. The van der Waals surface area contributed by atoms with Crippen LogP contribution in [0, 0.1) is 0 Å². The van der Waals surface area contributed by atoms with E-state index in [0.29, 0.717) is 28.0 Å². The fourth-order valence-corrected chi connectivity index (χ4v) is 2.99. The number of ether oxygens (including phenoxy) is 2. The topological polar surface area (TPSA) is 47.6 Å². The van der Waals surface area contributed by atoms with Gasteiger partial charge in [-0.25, -0.2) is 0 Å². The van der Waals surface area contributed by atoms with E-state index in [4.69, 9.17) is 21.1 Å². The van der Waals surface area contributed by atoms with Crippen molar-refractivity contribution >= 4 is 35.0 Å². The Hall–Kier alpha value is -1.85. The number of methoxy groups -OCH3 is 2. The first-order valence-electron chi connectivity index (χ1n) is 6.96. The van der Waals surface area contributed by atoms with E-state index in [1.807, 2.05) is 24.3 Å². The fraction of sp³-hybridized carbons (Fsp3) is 0.235. The van der Waals surface area contributed by atoms with Crippen LogP contribution in [-0.4, -0.2) is 25.9 Å². The van der Waals surface area contributed by atoms with Gasteiger partial charge in [-0.05, 0) is 29.8 Å². The van der Waals surface area contributed by atoms with Crippen LogP contribution in [-0.2, 0) is 10.5 Å². The van der Waals surface area contributed by atoms with Gasteiger partial charge in [0.05, 0.1) is 20.0 Å². The average Bonchev–Trinajstić information content (AvgIpc) is 2.54. The second-order valence-electron chi connectivity index (χ2n) is 4.74. The van der Waals surface area contributed by atoms with Crippen LogP contribution >= 0.6 is 23.4 Å². The van der Waals surface area contributed by atoms with Crippen molar-refractivity contribution in [3.05, 3.63) is 53.1 Å². The number of nitrogens with one attached hydrogen (secondary N) is 1. The van der Waals surface area contributed by atoms with Crippen LogP contribution in [0.4, 0.5) is 5.69 Å². The van der Waals surface area contributed by atoms with Crippen molar-refractivity contribution in [3.8, 4) is 11.5 Å². The molecule has 0 aromatic heterocycles. The zero-order valence-corrected chi connectivity index (χ0v) is 14.5. The number of benzene rings is 2. The van der Waals surface area contributed by atoms with Gasteiger partial charge >= 0.3 is 0 Å². The van der Waals surface area contributed by atoms with Crippen LogP contribution in [0.15, 0.2) is 42.5 Å². The molecule has 0 aliphatic heterocycles. The molecule has 0 aliphatic rings. The van der Waals surface area contributed by atoms with E-state index in [1.54, 1.807) is 32.4 Å². The fourth-order valence-electron chi connectivity index (χ4n) is 2.00. The highest BCUT2D eigenvalue weighted by Gasteiger charge is 2.07. The molecule has 122 valence electrons. The molecule has 0 heterocycles. The van der Waals surface area contributed by atoms with Gasteiger partial charge in [0.15, 0.2) is 11.5 Å². The van der Waals surface area contributed by atoms with Crippen LogP contribution in [0.25, 0.3) is 0 Å². The van der Waals surface area contributed by atoms with E-state index in [2.05, 4.69) is 5.32 Å². The Morgan fingerprint density at radius 3 is 2.61 bits per heavy atom. The highest BCUT2D eigenvalue weighted by molar-refractivity contribution is 7.99. The third-order valence-corrected chi connectivity index (χ3v) is 4.30. The van der Waals surface area contributed by atoms with Crippen LogP contribution in [0.2, 0.25) is 5.02 Å². The average molecular weight is 352 g/mol. The molecule has 1 N–H and O–H groups in total. The number of hydrogen-bond acceptors (Lipinski definition) is 4. The Kier molecular flexibility index (Phi) is 6.62. The van der Waals surface area contributed by atoms with Crippen molar-refractivity contribution in [3.63, 3.8) is 0 Å².